The highest BCUT2D eigenvalue weighted by Crippen LogP contribution is 2.21. The van der Waals surface area contributed by atoms with Crippen LogP contribution in [0.2, 0.25) is 0 Å². The Hall–Kier alpha value is -0.680. The second-order valence-corrected chi connectivity index (χ2v) is 6.08. The molecule has 1 aromatic carbocycles. The van der Waals surface area contributed by atoms with Crippen molar-refractivity contribution in [2.75, 3.05) is 6.61 Å². The van der Waals surface area contributed by atoms with Crippen LogP contribution in [0.15, 0.2) is 45.6 Å². The first kappa shape index (κ1) is 12.8. The summed E-state index contributed by atoms with van der Waals surface area (Å²) >= 11 is 5.12. The third kappa shape index (κ3) is 3.64. The van der Waals surface area contributed by atoms with E-state index in [4.69, 9.17) is 0 Å². The van der Waals surface area contributed by atoms with Gasteiger partial charge >= 0.3 is 0 Å². The molecule has 0 spiro atoms. The lowest BCUT2D eigenvalue weighted by Gasteiger charge is -2.16. The summed E-state index contributed by atoms with van der Waals surface area (Å²) in [7, 11) is 0. The summed E-state index contributed by atoms with van der Waals surface area (Å²) in [6, 6.07) is 12.1. The van der Waals surface area contributed by atoms with Gasteiger partial charge in [0.2, 0.25) is 0 Å². The van der Waals surface area contributed by atoms with Gasteiger partial charge in [0.05, 0.1) is 16.4 Å². The van der Waals surface area contributed by atoms with Crippen molar-refractivity contribution in [1.29, 1.82) is 0 Å². The van der Waals surface area contributed by atoms with E-state index in [2.05, 4.69) is 32.7 Å². The number of nitrogens with one attached hydrogen (secondary N) is 1. The van der Waals surface area contributed by atoms with Crippen molar-refractivity contribution in [2.45, 2.75) is 12.6 Å². The normalized spacial score (nSPS) is 12.6. The number of aliphatic hydroxyl groups excluding tert-OH is 1. The fourth-order valence-electron chi connectivity index (χ4n) is 1.65. The van der Waals surface area contributed by atoms with Crippen LogP contribution < -0.4 is 5.32 Å². The summed E-state index contributed by atoms with van der Waals surface area (Å²) in [5.41, 5.74) is 2.35. The molecule has 0 saturated carbocycles. The van der Waals surface area contributed by atoms with Crippen LogP contribution in [0.5, 0.6) is 0 Å². The highest BCUT2D eigenvalue weighted by Gasteiger charge is 2.09. The number of benzene rings is 1. The number of thiophene rings is 1. The van der Waals surface area contributed by atoms with Gasteiger partial charge in [-0.2, -0.15) is 0 Å². The van der Waals surface area contributed by atoms with Gasteiger partial charge in [0, 0.05) is 6.54 Å². The molecular weight excluding hydrogens is 298 g/mol. The van der Waals surface area contributed by atoms with Gasteiger partial charge in [0.15, 0.2) is 0 Å². The molecule has 0 aliphatic carbocycles. The van der Waals surface area contributed by atoms with E-state index in [1.807, 2.05) is 30.3 Å². The molecule has 0 bridgehead atoms. The minimum absolute atomic E-state index is 0.00474. The SMILES string of the molecule is OC[C@H](NCc1csc(Br)c1)c1ccccc1. The molecule has 1 heterocycles. The molecule has 2 N–H and O–H groups in total. The van der Waals surface area contributed by atoms with Crippen molar-refractivity contribution in [3.8, 4) is 0 Å². The summed E-state index contributed by atoms with van der Waals surface area (Å²) in [6.07, 6.45) is 0. The van der Waals surface area contributed by atoms with E-state index in [1.165, 1.54) is 5.56 Å². The molecule has 0 unspecified atom stereocenters. The summed E-state index contributed by atoms with van der Waals surface area (Å²) in [4.78, 5) is 0. The van der Waals surface area contributed by atoms with Gasteiger partial charge < -0.3 is 10.4 Å². The molecule has 2 nitrogen and oxygen atoms in total. The van der Waals surface area contributed by atoms with Crippen molar-refractivity contribution in [1.82, 2.24) is 5.32 Å². The minimum atomic E-state index is -0.00474. The van der Waals surface area contributed by atoms with E-state index in [0.29, 0.717) is 0 Å². The molecule has 1 atom stereocenters. The second-order valence-electron chi connectivity index (χ2n) is 3.79. The second kappa shape index (κ2) is 6.31. The number of hydrogen-bond donors (Lipinski definition) is 2. The van der Waals surface area contributed by atoms with Crippen LogP contribution in [0, 0.1) is 0 Å². The predicted octanol–water partition coefficient (Wildman–Crippen LogP) is 3.33. The molecule has 17 heavy (non-hydrogen) atoms. The maximum absolute atomic E-state index is 9.39. The Balaban J connectivity index is 1.97. The fourth-order valence-corrected chi connectivity index (χ4v) is 2.86. The van der Waals surface area contributed by atoms with E-state index >= 15 is 0 Å². The van der Waals surface area contributed by atoms with Gasteiger partial charge in [-0.1, -0.05) is 30.3 Å². The Morgan fingerprint density at radius 3 is 2.65 bits per heavy atom. The van der Waals surface area contributed by atoms with Crippen LogP contribution in [0.25, 0.3) is 0 Å². The topological polar surface area (TPSA) is 32.3 Å². The predicted molar refractivity (Wildman–Crippen MR) is 75.1 cm³/mol. The zero-order valence-corrected chi connectivity index (χ0v) is 11.7. The molecule has 1 aromatic heterocycles. The molecule has 0 amide bonds. The molecule has 0 saturated heterocycles. The zero-order chi connectivity index (χ0) is 12.1. The van der Waals surface area contributed by atoms with Gasteiger partial charge in [-0.15, -0.1) is 11.3 Å². The highest BCUT2D eigenvalue weighted by molar-refractivity contribution is 9.11. The first-order valence-electron chi connectivity index (χ1n) is 5.41. The van der Waals surface area contributed by atoms with Gasteiger partial charge in [-0.05, 0) is 38.5 Å². The first-order valence-corrected chi connectivity index (χ1v) is 7.09. The van der Waals surface area contributed by atoms with Gasteiger partial charge in [0.1, 0.15) is 0 Å². The molecule has 4 heteroatoms. The van der Waals surface area contributed by atoms with E-state index in [-0.39, 0.29) is 12.6 Å². The highest BCUT2D eigenvalue weighted by atomic mass is 79.9. The fraction of sp³-hybridized carbons (Fsp3) is 0.231. The van der Waals surface area contributed by atoms with Crippen molar-refractivity contribution in [2.24, 2.45) is 0 Å². The smallest absolute Gasteiger partial charge is 0.0701 e. The first-order chi connectivity index (χ1) is 8.29. The Kier molecular flexibility index (Phi) is 4.74. The van der Waals surface area contributed by atoms with E-state index in [1.54, 1.807) is 11.3 Å². The number of rotatable bonds is 5. The van der Waals surface area contributed by atoms with Crippen molar-refractivity contribution >= 4 is 27.3 Å². The lowest BCUT2D eigenvalue weighted by molar-refractivity contribution is 0.243. The van der Waals surface area contributed by atoms with Crippen molar-refractivity contribution in [3.05, 3.63) is 56.7 Å². The Bertz CT molecular complexity index is 457. The van der Waals surface area contributed by atoms with Crippen LogP contribution in [-0.4, -0.2) is 11.7 Å². The van der Waals surface area contributed by atoms with Crippen LogP contribution in [0.3, 0.4) is 0 Å². The molecular formula is C13H14BrNOS. The Labute approximate surface area is 113 Å². The largest absolute Gasteiger partial charge is 0.394 e. The summed E-state index contributed by atoms with van der Waals surface area (Å²) in [5.74, 6) is 0. The maximum atomic E-state index is 9.39. The molecule has 0 aliphatic rings. The maximum Gasteiger partial charge on any atom is 0.0701 e. The number of halogens is 1. The Morgan fingerprint density at radius 1 is 1.29 bits per heavy atom. The minimum Gasteiger partial charge on any atom is -0.394 e. The van der Waals surface area contributed by atoms with Crippen LogP contribution in [0.4, 0.5) is 0 Å². The van der Waals surface area contributed by atoms with E-state index in [0.717, 1.165) is 15.9 Å². The molecule has 0 radical (unpaired) electrons. The number of hydrogen-bond acceptors (Lipinski definition) is 3. The van der Waals surface area contributed by atoms with Crippen molar-refractivity contribution in [3.63, 3.8) is 0 Å². The lowest BCUT2D eigenvalue weighted by Crippen LogP contribution is -2.23. The van der Waals surface area contributed by atoms with Gasteiger partial charge in [0.25, 0.3) is 0 Å². The summed E-state index contributed by atoms with van der Waals surface area (Å²) in [6.45, 7) is 0.873. The van der Waals surface area contributed by atoms with Gasteiger partial charge in [-0.25, -0.2) is 0 Å². The average Bonchev–Trinajstić information content (AvgIpc) is 2.77. The van der Waals surface area contributed by atoms with Gasteiger partial charge in [-0.3, -0.25) is 0 Å². The van der Waals surface area contributed by atoms with E-state index in [9.17, 15) is 5.11 Å². The molecule has 0 fully saturated rings. The van der Waals surface area contributed by atoms with Crippen LogP contribution in [-0.2, 0) is 6.54 Å². The standard InChI is InChI=1S/C13H14BrNOS/c14-13-6-10(9-17-13)7-15-12(8-16)11-4-2-1-3-5-11/h1-6,9,12,15-16H,7-8H2/t12-/m0/s1. The molecule has 2 rings (SSSR count). The third-order valence-electron chi connectivity index (χ3n) is 2.56. The summed E-state index contributed by atoms with van der Waals surface area (Å²) in [5, 5.41) is 14.9. The third-order valence-corrected chi connectivity index (χ3v) is 4.11. The Morgan fingerprint density at radius 2 is 2.06 bits per heavy atom. The van der Waals surface area contributed by atoms with Crippen LogP contribution in [0.1, 0.15) is 17.2 Å². The zero-order valence-electron chi connectivity index (χ0n) is 9.27. The molecule has 2 aromatic rings. The molecule has 0 aliphatic heterocycles. The van der Waals surface area contributed by atoms with E-state index < -0.39 is 0 Å². The molecule has 90 valence electrons. The average molecular weight is 312 g/mol. The summed E-state index contributed by atoms with van der Waals surface area (Å²) < 4.78 is 1.13. The van der Waals surface area contributed by atoms with Crippen molar-refractivity contribution < 1.29 is 5.11 Å². The monoisotopic (exact) mass is 311 g/mol. The lowest BCUT2D eigenvalue weighted by atomic mass is 10.1. The van der Waals surface area contributed by atoms with Crippen LogP contribution >= 0.6 is 27.3 Å². The quantitative estimate of drug-likeness (QED) is 0.887. The number of aliphatic hydroxyl groups is 1.